The smallest absolute Gasteiger partial charge is 0.253 e. The number of hydroxylamine groups is 1. The Balaban J connectivity index is 2.33. The quantitative estimate of drug-likeness (QED) is 0.224. The van der Waals surface area contributed by atoms with E-state index in [0.29, 0.717) is 40.7 Å². The number of hydrogen-bond acceptors (Lipinski definition) is 5. The third kappa shape index (κ3) is 8.23. The van der Waals surface area contributed by atoms with E-state index in [1.807, 2.05) is 6.92 Å². The lowest BCUT2D eigenvalue weighted by atomic mass is 10.2. The van der Waals surface area contributed by atoms with Crippen LogP contribution in [-0.2, 0) is 19.2 Å². The summed E-state index contributed by atoms with van der Waals surface area (Å²) in [5.41, 5.74) is 3.27. The molecule has 2 rings (SSSR count). The van der Waals surface area contributed by atoms with Gasteiger partial charge in [0.1, 0.15) is 17.4 Å². The van der Waals surface area contributed by atoms with E-state index < -0.39 is 5.91 Å². The van der Waals surface area contributed by atoms with Crippen LogP contribution in [0.15, 0.2) is 53.5 Å². The monoisotopic (exact) mass is 458 g/mol. The lowest BCUT2D eigenvalue weighted by Crippen LogP contribution is -2.31. The molecule has 0 heterocycles. The average molecular weight is 459 g/mol. The Kier molecular flexibility index (Phi) is 9.93. The largest absolute Gasteiger partial charge is 0.457 e. The van der Waals surface area contributed by atoms with Gasteiger partial charge in [0.15, 0.2) is 0 Å². The summed E-state index contributed by atoms with van der Waals surface area (Å²) in [5, 5.41) is 6.23. The first-order valence-electron chi connectivity index (χ1n) is 9.69. The fourth-order valence-corrected chi connectivity index (χ4v) is 2.69. The van der Waals surface area contributed by atoms with Crippen molar-refractivity contribution in [1.29, 1.82) is 0 Å². The second-order valence-electron chi connectivity index (χ2n) is 6.38. The van der Waals surface area contributed by atoms with Crippen LogP contribution in [0.4, 0.5) is 11.4 Å². The number of nitrogens with one attached hydrogen (secondary N) is 3. The normalized spacial score (nSPS) is 10.7. The lowest BCUT2D eigenvalue weighted by Gasteiger charge is -2.16. The number of ether oxygens (including phenoxy) is 1. The number of guanidine groups is 1. The Morgan fingerprint density at radius 1 is 1.12 bits per heavy atom. The van der Waals surface area contributed by atoms with Gasteiger partial charge in [-0.15, -0.1) is 0 Å². The van der Waals surface area contributed by atoms with Crippen LogP contribution in [0.2, 0.25) is 5.02 Å². The molecule has 32 heavy (non-hydrogen) atoms. The SMILES string of the molecule is CCCC(=O)Nc1cc(Oc2cccc(Cl)c2)ccc1NC(=NC(=O)CC=C=O)NOC. The van der Waals surface area contributed by atoms with Crippen molar-refractivity contribution in [3.8, 4) is 11.5 Å². The van der Waals surface area contributed by atoms with Crippen LogP contribution in [0.25, 0.3) is 0 Å². The molecule has 2 amide bonds. The number of nitrogens with zero attached hydrogens (tertiary/aromatic N) is 1. The number of rotatable bonds is 9. The number of hydrogen-bond donors (Lipinski definition) is 3. The van der Waals surface area contributed by atoms with E-state index in [2.05, 4.69) is 21.1 Å². The van der Waals surface area contributed by atoms with Gasteiger partial charge >= 0.3 is 0 Å². The third-order valence-corrected chi connectivity index (χ3v) is 4.06. The zero-order chi connectivity index (χ0) is 23.3. The molecule has 0 aliphatic heterocycles. The summed E-state index contributed by atoms with van der Waals surface area (Å²) >= 11 is 6.00. The van der Waals surface area contributed by atoms with Gasteiger partial charge in [-0.2, -0.15) is 4.99 Å². The van der Waals surface area contributed by atoms with Crippen molar-refractivity contribution in [2.45, 2.75) is 26.2 Å². The summed E-state index contributed by atoms with van der Waals surface area (Å²) in [5.74, 6) is 1.67. The Morgan fingerprint density at radius 3 is 2.59 bits per heavy atom. The molecule has 0 fully saturated rings. The van der Waals surface area contributed by atoms with Gasteiger partial charge in [-0.25, -0.2) is 10.3 Å². The van der Waals surface area contributed by atoms with Crippen molar-refractivity contribution in [3.63, 3.8) is 0 Å². The van der Waals surface area contributed by atoms with Crippen LogP contribution >= 0.6 is 11.6 Å². The van der Waals surface area contributed by atoms with Crippen LogP contribution in [0.3, 0.4) is 0 Å². The molecular weight excluding hydrogens is 436 g/mol. The predicted octanol–water partition coefficient (Wildman–Crippen LogP) is 4.09. The minimum Gasteiger partial charge on any atom is -0.457 e. The van der Waals surface area contributed by atoms with Gasteiger partial charge in [0.05, 0.1) is 24.9 Å². The fourth-order valence-electron chi connectivity index (χ4n) is 2.51. The summed E-state index contributed by atoms with van der Waals surface area (Å²) in [6.07, 6.45) is 1.80. The molecule has 0 saturated carbocycles. The number of amides is 2. The highest BCUT2D eigenvalue weighted by molar-refractivity contribution is 6.30. The second-order valence-corrected chi connectivity index (χ2v) is 6.81. The zero-order valence-electron chi connectivity index (χ0n) is 17.6. The van der Waals surface area contributed by atoms with Crippen molar-refractivity contribution < 1.29 is 24.0 Å². The zero-order valence-corrected chi connectivity index (χ0v) is 18.4. The maximum Gasteiger partial charge on any atom is 0.253 e. The molecular formula is C22H23ClN4O5. The second kappa shape index (κ2) is 12.9. The summed E-state index contributed by atoms with van der Waals surface area (Å²) in [7, 11) is 1.35. The van der Waals surface area contributed by atoms with E-state index in [-0.39, 0.29) is 18.3 Å². The molecule has 0 unspecified atom stereocenters. The molecule has 0 bridgehead atoms. The number of benzene rings is 2. The van der Waals surface area contributed by atoms with Gasteiger partial charge in [0.25, 0.3) is 5.91 Å². The van der Waals surface area contributed by atoms with Gasteiger partial charge in [-0.1, -0.05) is 24.6 Å². The van der Waals surface area contributed by atoms with Crippen LogP contribution in [0, 0.1) is 0 Å². The summed E-state index contributed by atoms with van der Waals surface area (Å²) < 4.78 is 5.83. The molecule has 0 aliphatic carbocycles. The number of carbonyl (C=O) groups is 2. The van der Waals surface area contributed by atoms with E-state index in [1.54, 1.807) is 42.5 Å². The van der Waals surface area contributed by atoms with Crippen LogP contribution < -0.4 is 20.9 Å². The first-order chi connectivity index (χ1) is 15.4. The number of aliphatic imine (C=N–C) groups is 1. The lowest BCUT2D eigenvalue weighted by molar-refractivity contribution is -0.117. The van der Waals surface area contributed by atoms with Gasteiger partial charge in [0, 0.05) is 23.6 Å². The highest BCUT2D eigenvalue weighted by Crippen LogP contribution is 2.31. The Morgan fingerprint density at radius 2 is 1.91 bits per heavy atom. The minimum atomic E-state index is -0.599. The maximum atomic E-state index is 12.2. The molecule has 0 spiro atoms. The van der Waals surface area contributed by atoms with Gasteiger partial charge in [0.2, 0.25) is 11.9 Å². The highest BCUT2D eigenvalue weighted by Gasteiger charge is 2.12. The maximum absolute atomic E-state index is 12.2. The van der Waals surface area contributed by atoms with Crippen LogP contribution in [0.1, 0.15) is 26.2 Å². The molecule has 3 N–H and O–H groups in total. The third-order valence-electron chi connectivity index (χ3n) is 3.82. The van der Waals surface area contributed by atoms with Gasteiger partial charge in [-0.05, 0) is 36.8 Å². The highest BCUT2D eigenvalue weighted by atomic mass is 35.5. The molecule has 2 aromatic carbocycles. The van der Waals surface area contributed by atoms with Gasteiger partial charge in [-0.3, -0.25) is 14.4 Å². The topological polar surface area (TPSA) is 118 Å². The number of carbonyl (C=O) groups excluding carboxylic acids is 3. The number of halogens is 1. The summed E-state index contributed by atoms with van der Waals surface area (Å²) in [6, 6.07) is 11.8. The number of anilines is 2. The van der Waals surface area contributed by atoms with Crippen molar-refractivity contribution in [2.75, 3.05) is 17.7 Å². The van der Waals surface area contributed by atoms with E-state index in [1.165, 1.54) is 13.1 Å². The van der Waals surface area contributed by atoms with E-state index >= 15 is 0 Å². The molecule has 168 valence electrons. The fraction of sp³-hybridized carbons (Fsp3) is 0.227. The molecule has 2 aromatic rings. The van der Waals surface area contributed by atoms with Crippen molar-refractivity contribution in [3.05, 3.63) is 53.6 Å². The molecule has 10 heteroatoms. The Labute approximate surface area is 190 Å². The molecule has 0 radical (unpaired) electrons. The average Bonchev–Trinajstić information content (AvgIpc) is 2.74. The molecule has 0 atom stereocenters. The van der Waals surface area contributed by atoms with E-state index in [0.717, 1.165) is 6.08 Å². The Hall–Kier alpha value is -3.65. The standard InChI is InChI=1S/C22H23ClN4O5/c1-3-6-20(29)24-19-14-17(32-16-8-4-7-15(23)13-16)10-11-18(19)25-22(27-31-2)26-21(30)9-5-12-28/h4-5,7-8,10-11,13-14H,3,6,9H2,1-2H3,(H,24,29)(H2,25,26,27,30). The first-order valence-corrected chi connectivity index (χ1v) is 10.1. The van der Waals surface area contributed by atoms with Gasteiger partial charge < -0.3 is 15.4 Å². The minimum absolute atomic E-state index is 0.0358. The van der Waals surface area contributed by atoms with E-state index in [9.17, 15) is 14.4 Å². The van der Waals surface area contributed by atoms with Crippen LogP contribution in [-0.4, -0.2) is 30.8 Å². The summed E-state index contributed by atoms with van der Waals surface area (Å²) in [4.78, 5) is 43.1. The predicted molar refractivity (Wildman–Crippen MR) is 123 cm³/mol. The molecule has 0 aliphatic rings. The van der Waals surface area contributed by atoms with Crippen molar-refractivity contribution >= 4 is 46.7 Å². The molecule has 9 nitrogen and oxygen atoms in total. The molecule has 0 aromatic heterocycles. The van der Waals surface area contributed by atoms with Crippen molar-refractivity contribution in [1.82, 2.24) is 5.48 Å². The van der Waals surface area contributed by atoms with Crippen LogP contribution in [0.5, 0.6) is 11.5 Å². The van der Waals surface area contributed by atoms with Crippen molar-refractivity contribution in [2.24, 2.45) is 4.99 Å². The molecule has 0 saturated heterocycles. The van der Waals surface area contributed by atoms with E-state index in [4.69, 9.17) is 21.2 Å². The summed E-state index contributed by atoms with van der Waals surface area (Å²) in [6.45, 7) is 1.89. The first kappa shape index (κ1) is 24.6. The Bertz CT molecular complexity index is 1030.